The van der Waals surface area contributed by atoms with Crippen LogP contribution in [0.4, 0.5) is 5.69 Å². The monoisotopic (exact) mass is 442 g/mol. The Bertz CT molecular complexity index is 1060. The third kappa shape index (κ3) is 4.60. The fourth-order valence-electron chi connectivity index (χ4n) is 3.58. The molecule has 1 fully saturated rings. The van der Waals surface area contributed by atoms with E-state index in [4.69, 9.17) is 16.0 Å². The van der Waals surface area contributed by atoms with E-state index in [-0.39, 0.29) is 11.7 Å². The summed E-state index contributed by atoms with van der Waals surface area (Å²) in [5.74, 6) is 0.962. The highest BCUT2D eigenvalue weighted by Gasteiger charge is 2.25. The Morgan fingerprint density at radius 2 is 1.77 bits per heavy atom. The van der Waals surface area contributed by atoms with Crippen LogP contribution in [0, 0.1) is 6.92 Å². The van der Waals surface area contributed by atoms with Crippen LogP contribution >= 0.6 is 11.6 Å². The topological polar surface area (TPSA) is 53.8 Å². The molecule has 1 aromatic heterocycles. The third-order valence-electron chi connectivity index (χ3n) is 5.23. The number of hydrogen-bond donors (Lipinski definition) is 0. The lowest BCUT2D eigenvalue weighted by Gasteiger charge is -2.36. The molecule has 1 aliphatic rings. The number of piperazine rings is 1. The molecule has 156 valence electrons. The van der Waals surface area contributed by atoms with E-state index in [2.05, 4.69) is 11.8 Å². The Labute approximate surface area is 183 Å². The van der Waals surface area contributed by atoms with Gasteiger partial charge in [-0.05, 0) is 48.9 Å². The van der Waals surface area contributed by atoms with Crippen molar-refractivity contribution in [3.05, 3.63) is 82.8 Å². The molecule has 7 heteroatoms. The second-order valence-electron chi connectivity index (χ2n) is 7.28. The average Bonchev–Trinajstić information content (AvgIpc) is 3.24. The number of rotatable bonds is 5. The van der Waals surface area contributed by atoms with Crippen molar-refractivity contribution in [2.45, 2.75) is 17.6 Å². The van der Waals surface area contributed by atoms with Crippen LogP contribution in [0.5, 0.6) is 0 Å². The van der Waals surface area contributed by atoms with E-state index in [1.807, 2.05) is 48.5 Å². The molecule has 5 nitrogen and oxygen atoms in total. The Balaban J connectivity index is 1.37. The molecule has 1 aliphatic heterocycles. The van der Waals surface area contributed by atoms with Crippen LogP contribution in [0.3, 0.4) is 0 Å². The Morgan fingerprint density at radius 3 is 2.50 bits per heavy atom. The first-order valence-electron chi connectivity index (χ1n) is 9.84. The molecule has 1 saturated heterocycles. The predicted octanol–water partition coefficient (Wildman–Crippen LogP) is 4.51. The summed E-state index contributed by atoms with van der Waals surface area (Å²) < 4.78 is 18.2. The van der Waals surface area contributed by atoms with Crippen LogP contribution in [-0.4, -0.2) is 41.2 Å². The Hall–Kier alpha value is -2.57. The van der Waals surface area contributed by atoms with Gasteiger partial charge in [0.15, 0.2) is 5.76 Å². The molecular weight excluding hydrogens is 420 g/mol. The zero-order valence-corrected chi connectivity index (χ0v) is 18.3. The lowest BCUT2D eigenvalue weighted by atomic mass is 10.1. The van der Waals surface area contributed by atoms with E-state index < -0.39 is 10.8 Å². The molecule has 0 spiro atoms. The summed E-state index contributed by atoms with van der Waals surface area (Å²) in [5.41, 5.74) is 2.28. The maximum absolute atomic E-state index is 12.8. The molecule has 0 unspecified atom stereocenters. The molecule has 0 radical (unpaired) electrons. The van der Waals surface area contributed by atoms with Crippen molar-refractivity contribution in [2.24, 2.45) is 0 Å². The summed E-state index contributed by atoms with van der Waals surface area (Å²) in [4.78, 5) is 17.6. The highest BCUT2D eigenvalue weighted by atomic mass is 35.5. The van der Waals surface area contributed by atoms with Crippen LogP contribution in [0.25, 0.3) is 0 Å². The number of amides is 1. The van der Waals surface area contributed by atoms with Gasteiger partial charge in [-0.2, -0.15) is 0 Å². The number of aryl methyl sites for hydroxylation is 1. The predicted molar refractivity (Wildman–Crippen MR) is 120 cm³/mol. The fraction of sp³-hybridized carbons (Fsp3) is 0.261. The molecule has 4 rings (SSSR count). The highest BCUT2D eigenvalue weighted by Crippen LogP contribution is 2.26. The second-order valence-corrected chi connectivity index (χ2v) is 9.17. The van der Waals surface area contributed by atoms with Gasteiger partial charge in [-0.25, -0.2) is 0 Å². The van der Waals surface area contributed by atoms with Gasteiger partial charge in [-0.15, -0.1) is 0 Å². The number of halogens is 1. The first-order chi connectivity index (χ1) is 14.5. The van der Waals surface area contributed by atoms with Gasteiger partial charge in [0.1, 0.15) is 5.76 Å². The molecule has 2 heterocycles. The molecule has 1 atom stereocenters. The summed E-state index contributed by atoms with van der Waals surface area (Å²) in [5, 5.41) is 0.713. The summed E-state index contributed by atoms with van der Waals surface area (Å²) >= 11 is 6.15. The van der Waals surface area contributed by atoms with Crippen molar-refractivity contribution < 1.29 is 13.4 Å². The van der Waals surface area contributed by atoms with Crippen molar-refractivity contribution >= 4 is 34.0 Å². The van der Waals surface area contributed by atoms with Gasteiger partial charge in [0.2, 0.25) is 0 Å². The average molecular weight is 443 g/mol. The van der Waals surface area contributed by atoms with Gasteiger partial charge in [-0.3, -0.25) is 9.00 Å². The number of nitrogens with zero attached hydrogens (tertiary/aromatic N) is 2. The lowest BCUT2D eigenvalue weighted by molar-refractivity contribution is 0.0713. The van der Waals surface area contributed by atoms with Crippen molar-refractivity contribution in [3.8, 4) is 0 Å². The summed E-state index contributed by atoms with van der Waals surface area (Å²) in [7, 11) is -1.21. The molecule has 0 bridgehead atoms. The molecule has 0 aliphatic carbocycles. The van der Waals surface area contributed by atoms with Gasteiger partial charge in [0.25, 0.3) is 5.91 Å². The zero-order chi connectivity index (χ0) is 21.1. The van der Waals surface area contributed by atoms with E-state index in [1.165, 1.54) is 5.56 Å². The largest absolute Gasteiger partial charge is 0.455 e. The number of furan rings is 1. The number of carbonyl (C=O) groups excluding carboxylic acids is 1. The maximum Gasteiger partial charge on any atom is 0.289 e. The van der Waals surface area contributed by atoms with Gasteiger partial charge in [-0.1, -0.05) is 35.9 Å². The van der Waals surface area contributed by atoms with E-state index in [9.17, 15) is 9.00 Å². The number of carbonyl (C=O) groups is 1. The third-order valence-corrected chi connectivity index (χ3v) is 6.81. The normalized spacial score (nSPS) is 15.3. The minimum Gasteiger partial charge on any atom is -0.455 e. The minimum atomic E-state index is -1.21. The molecule has 2 aromatic carbocycles. The lowest BCUT2D eigenvalue weighted by Crippen LogP contribution is -2.48. The highest BCUT2D eigenvalue weighted by molar-refractivity contribution is 7.84. The first kappa shape index (κ1) is 20.7. The van der Waals surface area contributed by atoms with E-state index in [0.717, 1.165) is 23.7 Å². The maximum atomic E-state index is 12.8. The van der Waals surface area contributed by atoms with Gasteiger partial charge >= 0.3 is 0 Å². The standard InChI is InChI=1S/C23H23ClN2O3S/c1-17-7-8-18(24)15-21(17)25-11-13-26(14-12-25)23(27)22-10-9-19(29-22)16-30(28)20-5-3-2-4-6-20/h2-10,15H,11-14,16H2,1H3/t30-/m1/s1. The van der Waals surface area contributed by atoms with Crippen molar-refractivity contribution in [3.63, 3.8) is 0 Å². The van der Waals surface area contributed by atoms with E-state index >= 15 is 0 Å². The second kappa shape index (κ2) is 9.06. The molecular formula is C23H23ClN2O3S. The van der Waals surface area contributed by atoms with E-state index in [0.29, 0.717) is 29.6 Å². The van der Waals surface area contributed by atoms with Crippen LogP contribution < -0.4 is 4.90 Å². The molecule has 3 aromatic rings. The molecule has 1 amide bonds. The fourth-order valence-corrected chi connectivity index (χ4v) is 4.79. The Morgan fingerprint density at radius 1 is 1.03 bits per heavy atom. The molecule has 30 heavy (non-hydrogen) atoms. The first-order valence-corrected chi connectivity index (χ1v) is 11.5. The van der Waals surface area contributed by atoms with Crippen LogP contribution in [0.15, 0.2) is 70.0 Å². The minimum absolute atomic E-state index is 0.130. The van der Waals surface area contributed by atoms with Crippen LogP contribution in [0.1, 0.15) is 21.9 Å². The number of anilines is 1. The quantitative estimate of drug-likeness (QED) is 0.583. The van der Waals surface area contributed by atoms with Gasteiger partial charge in [0.05, 0.1) is 16.6 Å². The van der Waals surface area contributed by atoms with Crippen molar-refractivity contribution in [1.29, 1.82) is 0 Å². The number of benzene rings is 2. The zero-order valence-electron chi connectivity index (χ0n) is 16.7. The number of hydrogen-bond acceptors (Lipinski definition) is 4. The van der Waals surface area contributed by atoms with Gasteiger partial charge in [0, 0.05) is 41.8 Å². The molecule has 0 N–H and O–H groups in total. The van der Waals surface area contributed by atoms with Crippen molar-refractivity contribution in [1.82, 2.24) is 4.90 Å². The van der Waals surface area contributed by atoms with Crippen LogP contribution in [-0.2, 0) is 16.6 Å². The van der Waals surface area contributed by atoms with Crippen molar-refractivity contribution in [2.75, 3.05) is 31.1 Å². The SMILES string of the molecule is Cc1ccc(Cl)cc1N1CCN(C(=O)c2ccc(C[S@@](=O)c3ccccc3)o2)CC1. The van der Waals surface area contributed by atoms with E-state index in [1.54, 1.807) is 17.0 Å². The summed E-state index contributed by atoms with van der Waals surface area (Å²) in [6, 6.07) is 18.5. The summed E-state index contributed by atoms with van der Waals surface area (Å²) in [6.45, 7) is 4.75. The smallest absolute Gasteiger partial charge is 0.289 e. The van der Waals surface area contributed by atoms with Crippen LogP contribution in [0.2, 0.25) is 5.02 Å². The Kier molecular flexibility index (Phi) is 6.25. The summed E-state index contributed by atoms with van der Waals surface area (Å²) in [6.07, 6.45) is 0. The van der Waals surface area contributed by atoms with Gasteiger partial charge < -0.3 is 14.2 Å². The molecule has 0 saturated carbocycles.